The van der Waals surface area contributed by atoms with Crippen LogP contribution in [0.4, 0.5) is 0 Å². The molecule has 1 rings (SSSR count). The Morgan fingerprint density at radius 1 is 1.73 bits per heavy atom. The molecular formula is C10H20N2O3. The van der Waals surface area contributed by atoms with Crippen LogP contribution in [0.15, 0.2) is 0 Å². The minimum atomic E-state index is -0.504. The third kappa shape index (κ3) is 3.77. The zero-order valence-electron chi connectivity index (χ0n) is 9.19. The highest BCUT2D eigenvalue weighted by Gasteiger charge is 2.25. The lowest BCUT2D eigenvalue weighted by molar-refractivity contribution is -0.136. The summed E-state index contributed by atoms with van der Waals surface area (Å²) in [6.07, 6.45) is 1.76. The van der Waals surface area contributed by atoms with Gasteiger partial charge in [0.05, 0.1) is 12.1 Å². The molecule has 1 unspecified atom stereocenters. The van der Waals surface area contributed by atoms with E-state index < -0.39 is 12.1 Å². The van der Waals surface area contributed by atoms with Gasteiger partial charge in [0.2, 0.25) is 5.91 Å². The number of nitrogens with zero attached hydrogens (tertiary/aromatic N) is 1. The monoisotopic (exact) mass is 216 g/mol. The molecule has 2 atom stereocenters. The maximum Gasteiger partial charge on any atom is 0.239 e. The quantitative estimate of drug-likeness (QED) is 0.653. The van der Waals surface area contributed by atoms with Gasteiger partial charge in [-0.3, -0.25) is 4.79 Å². The van der Waals surface area contributed by atoms with Crippen LogP contribution in [0, 0.1) is 0 Å². The van der Waals surface area contributed by atoms with Crippen LogP contribution in [0.2, 0.25) is 0 Å². The molecular weight excluding hydrogens is 196 g/mol. The van der Waals surface area contributed by atoms with Crippen molar-refractivity contribution in [2.24, 2.45) is 5.73 Å². The van der Waals surface area contributed by atoms with Crippen molar-refractivity contribution in [2.45, 2.75) is 31.4 Å². The minimum absolute atomic E-state index is 0.0780. The zero-order chi connectivity index (χ0) is 11.3. The lowest BCUT2D eigenvalue weighted by Gasteiger charge is -2.31. The molecule has 1 aliphatic rings. The molecule has 1 heterocycles. The Kier molecular flexibility index (Phi) is 5.01. The normalized spacial score (nSPS) is 23.9. The van der Waals surface area contributed by atoms with Crippen molar-refractivity contribution >= 4 is 5.91 Å². The summed E-state index contributed by atoms with van der Waals surface area (Å²) in [5.74, 6) is -0.0780. The van der Waals surface area contributed by atoms with Gasteiger partial charge >= 0.3 is 0 Å². The smallest absolute Gasteiger partial charge is 0.239 e. The Bertz CT molecular complexity index is 211. The van der Waals surface area contributed by atoms with E-state index in [2.05, 4.69) is 0 Å². The number of aliphatic hydroxyl groups is 1. The number of likely N-dealkylation sites (tertiary alicyclic amines) is 1. The number of ether oxygens (including phenoxy) is 1. The molecule has 0 aromatic rings. The third-order valence-corrected chi connectivity index (χ3v) is 2.66. The predicted molar refractivity (Wildman–Crippen MR) is 56.3 cm³/mol. The molecule has 1 saturated heterocycles. The number of β-amino-alcohol motifs (C(OH)–C–C–N with tert-alkyl or cyclic N) is 1. The molecule has 0 aliphatic carbocycles. The van der Waals surface area contributed by atoms with Crippen molar-refractivity contribution in [1.29, 1.82) is 0 Å². The van der Waals surface area contributed by atoms with Crippen LogP contribution in [-0.4, -0.2) is 54.9 Å². The van der Waals surface area contributed by atoms with Gasteiger partial charge in [-0.1, -0.05) is 0 Å². The summed E-state index contributed by atoms with van der Waals surface area (Å²) in [6, 6.07) is -0.504. The standard InChI is InChI=1S/C10H20N2O3/c1-15-6-4-9(11)10(14)12-5-2-3-8(13)7-12/h8-9,13H,2-7,11H2,1H3/t8-,9?/m0/s1. The minimum Gasteiger partial charge on any atom is -0.391 e. The highest BCUT2D eigenvalue weighted by Crippen LogP contribution is 2.11. The van der Waals surface area contributed by atoms with E-state index >= 15 is 0 Å². The molecule has 1 amide bonds. The van der Waals surface area contributed by atoms with E-state index in [-0.39, 0.29) is 5.91 Å². The molecule has 0 aromatic heterocycles. The lowest BCUT2D eigenvalue weighted by atomic mass is 10.1. The number of amides is 1. The molecule has 5 nitrogen and oxygen atoms in total. The van der Waals surface area contributed by atoms with E-state index in [0.29, 0.717) is 26.1 Å². The summed E-state index contributed by atoms with van der Waals surface area (Å²) in [6.45, 7) is 1.61. The number of methoxy groups -OCH3 is 1. The van der Waals surface area contributed by atoms with Crippen molar-refractivity contribution in [1.82, 2.24) is 4.90 Å². The first kappa shape index (κ1) is 12.4. The zero-order valence-corrected chi connectivity index (χ0v) is 9.19. The van der Waals surface area contributed by atoms with Crippen LogP contribution in [0.1, 0.15) is 19.3 Å². The number of carbonyl (C=O) groups excluding carboxylic acids is 1. The highest BCUT2D eigenvalue weighted by atomic mass is 16.5. The van der Waals surface area contributed by atoms with Crippen molar-refractivity contribution in [2.75, 3.05) is 26.8 Å². The number of hydrogen-bond acceptors (Lipinski definition) is 4. The van der Waals surface area contributed by atoms with Crippen LogP contribution in [0.5, 0.6) is 0 Å². The maximum absolute atomic E-state index is 11.8. The van der Waals surface area contributed by atoms with E-state index in [0.717, 1.165) is 12.8 Å². The number of piperidine rings is 1. The molecule has 1 fully saturated rings. The second kappa shape index (κ2) is 6.05. The first-order valence-corrected chi connectivity index (χ1v) is 5.36. The van der Waals surface area contributed by atoms with Crippen LogP contribution in [0.3, 0.4) is 0 Å². The van der Waals surface area contributed by atoms with Gasteiger partial charge in [-0.05, 0) is 19.3 Å². The molecule has 3 N–H and O–H groups in total. The van der Waals surface area contributed by atoms with Gasteiger partial charge in [-0.25, -0.2) is 0 Å². The Hall–Kier alpha value is -0.650. The Morgan fingerprint density at radius 3 is 3.07 bits per heavy atom. The second-order valence-electron chi connectivity index (χ2n) is 3.97. The SMILES string of the molecule is COCCC(N)C(=O)N1CCC[C@H](O)C1. The van der Waals surface area contributed by atoms with E-state index in [1.165, 1.54) is 0 Å². The van der Waals surface area contributed by atoms with E-state index in [1.54, 1.807) is 12.0 Å². The molecule has 15 heavy (non-hydrogen) atoms. The summed E-state index contributed by atoms with van der Waals surface area (Å²) in [4.78, 5) is 13.4. The first-order valence-electron chi connectivity index (χ1n) is 5.36. The topological polar surface area (TPSA) is 75.8 Å². The molecule has 0 bridgehead atoms. The second-order valence-corrected chi connectivity index (χ2v) is 3.97. The van der Waals surface area contributed by atoms with Crippen LogP contribution in [-0.2, 0) is 9.53 Å². The summed E-state index contributed by atoms with van der Waals surface area (Å²) in [7, 11) is 1.59. The predicted octanol–water partition coefficient (Wildman–Crippen LogP) is -0.666. The van der Waals surface area contributed by atoms with Gasteiger partial charge < -0.3 is 20.5 Å². The molecule has 0 radical (unpaired) electrons. The largest absolute Gasteiger partial charge is 0.391 e. The van der Waals surface area contributed by atoms with Gasteiger partial charge in [-0.2, -0.15) is 0 Å². The lowest BCUT2D eigenvalue weighted by Crippen LogP contribution is -2.49. The van der Waals surface area contributed by atoms with Gasteiger partial charge in [0, 0.05) is 26.8 Å². The molecule has 5 heteroatoms. The van der Waals surface area contributed by atoms with Crippen LogP contribution < -0.4 is 5.73 Å². The third-order valence-electron chi connectivity index (χ3n) is 2.66. The van der Waals surface area contributed by atoms with Crippen molar-refractivity contribution in [3.63, 3.8) is 0 Å². The Morgan fingerprint density at radius 2 is 2.47 bits per heavy atom. The summed E-state index contributed by atoms with van der Waals surface area (Å²) < 4.78 is 4.87. The van der Waals surface area contributed by atoms with Gasteiger partial charge in [0.25, 0.3) is 0 Å². The molecule has 88 valence electrons. The van der Waals surface area contributed by atoms with E-state index in [4.69, 9.17) is 10.5 Å². The highest BCUT2D eigenvalue weighted by molar-refractivity contribution is 5.81. The Balaban J connectivity index is 2.37. The first-order chi connectivity index (χ1) is 7.15. The summed E-state index contributed by atoms with van der Waals surface area (Å²) >= 11 is 0. The number of rotatable bonds is 4. The van der Waals surface area contributed by atoms with Gasteiger partial charge in [0.15, 0.2) is 0 Å². The average Bonchev–Trinajstić information content (AvgIpc) is 2.24. The molecule has 0 aromatic carbocycles. The fourth-order valence-electron chi connectivity index (χ4n) is 1.76. The van der Waals surface area contributed by atoms with E-state index in [1.807, 2.05) is 0 Å². The molecule has 1 aliphatic heterocycles. The van der Waals surface area contributed by atoms with Gasteiger partial charge in [0.1, 0.15) is 0 Å². The molecule has 0 saturated carbocycles. The van der Waals surface area contributed by atoms with Crippen molar-refractivity contribution in [3.8, 4) is 0 Å². The number of nitrogens with two attached hydrogens (primary N) is 1. The van der Waals surface area contributed by atoms with Crippen LogP contribution >= 0.6 is 0 Å². The van der Waals surface area contributed by atoms with E-state index in [9.17, 15) is 9.90 Å². The Labute approximate surface area is 90.2 Å². The van der Waals surface area contributed by atoms with Crippen molar-refractivity contribution < 1.29 is 14.6 Å². The number of aliphatic hydroxyl groups excluding tert-OH is 1. The fourth-order valence-corrected chi connectivity index (χ4v) is 1.76. The van der Waals surface area contributed by atoms with Crippen LogP contribution in [0.25, 0.3) is 0 Å². The maximum atomic E-state index is 11.8. The fraction of sp³-hybridized carbons (Fsp3) is 0.900. The van der Waals surface area contributed by atoms with Crippen molar-refractivity contribution in [3.05, 3.63) is 0 Å². The molecule has 0 spiro atoms. The summed E-state index contributed by atoms with van der Waals surface area (Å²) in [5.41, 5.74) is 5.73. The summed E-state index contributed by atoms with van der Waals surface area (Å²) in [5, 5.41) is 9.43. The van der Waals surface area contributed by atoms with Gasteiger partial charge in [-0.15, -0.1) is 0 Å². The number of hydrogen-bond donors (Lipinski definition) is 2. The number of carbonyl (C=O) groups is 1. The average molecular weight is 216 g/mol.